The van der Waals surface area contributed by atoms with Gasteiger partial charge in [0.05, 0.1) is 7.11 Å². The monoisotopic (exact) mass is 450 g/mol. The Morgan fingerprint density at radius 1 is 1.12 bits per heavy atom. The average Bonchev–Trinajstić information content (AvgIpc) is 3.36. The molecule has 0 fully saturated rings. The summed E-state index contributed by atoms with van der Waals surface area (Å²) in [5, 5.41) is 4.71. The number of fused-ring (bicyclic) bond motifs is 1. The van der Waals surface area contributed by atoms with Gasteiger partial charge in [0.25, 0.3) is 5.91 Å². The van der Waals surface area contributed by atoms with Crippen molar-refractivity contribution in [3.8, 4) is 5.75 Å². The topological polar surface area (TPSA) is 67.9 Å². The predicted molar refractivity (Wildman–Crippen MR) is 124 cm³/mol. The Hall–Kier alpha value is -3.32. The van der Waals surface area contributed by atoms with E-state index in [1.54, 1.807) is 11.3 Å². The highest BCUT2D eigenvalue weighted by Gasteiger charge is 2.23. The van der Waals surface area contributed by atoms with Crippen molar-refractivity contribution in [1.29, 1.82) is 0 Å². The van der Waals surface area contributed by atoms with E-state index in [0.717, 1.165) is 40.3 Å². The van der Waals surface area contributed by atoms with Gasteiger partial charge >= 0.3 is 6.09 Å². The Labute approximate surface area is 191 Å². The summed E-state index contributed by atoms with van der Waals surface area (Å²) in [7, 11) is 1.35. The fourth-order valence-corrected chi connectivity index (χ4v) is 4.58. The normalized spacial score (nSPS) is 13.9. The molecular weight excluding hydrogens is 424 g/mol. The number of alkyl carbamates (subject to hydrolysis) is 1. The third-order valence-corrected chi connectivity index (χ3v) is 6.45. The number of nitrogens with one attached hydrogen (secondary N) is 1. The summed E-state index contributed by atoms with van der Waals surface area (Å²) in [5.74, 6) is 0.837. The summed E-state index contributed by atoms with van der Waals surface area (Å²) in [5.41, 5.74) is 2.99. The Morgan fingerprint density at radius 2 is 1.94 bits per heavy atom. The summed E-state index contributed by atoms with van der Waals surface area (Å²) < 4.78 is 10.9. The Balaban J connectivity index is 1.38. The number of rotatable bonds is 8. The highest BCUT2D eigenvalue weighted by Crippen LogP contribution is 2.28. The second-order valence-corrected chi connectivity index (χ2v) is 8.59. The molecule has 0 bridgehead atoms. The van der Waals surface area contributed by atoms with E-state index in [-0.39, 0.29) is 12.0 Å². The van der Waals surface area contributed by atoms with Gasteiger partial charge in [-0.15, -0.1) is 11.3 Å². The van der Waals surface area contributed by atoms with Crippen LogP contribution in [0.2, 0.25) is 0 Å². The summed E-state index contributed by atoms with van der Waals surface area (Å²) in [6, 6.07) is 19.7. The smallest absolute Gasteiger partial charge is 0.406 e. The van der Waals surface area contributed by atoms with Crippen LogP contribution < -0.4 is 10.1 Å². The average molecular weight is 451 g/mol. The number of nitrogens with zero attached hydrogens (tertiary/aromatic N) is 1. The zero-order valence-corrected chi connectivity index (χ0v) is 18.8. The van der Waals surface area contributed by atoms with E-state index in [1.807, 2.05) is 70.9 Å². The maximum Gasteiger partial charge on any atom is 0.406 e. The van der Waals surface area contributed by atoms with E-state index < -0.39 is 6.09 Å². The molecule has 7 heteroatoms. The number of carbonyl (C=O) groups is 2. The first-order valence-electron chi connectivity index (χ1n) is 10.6. The summed E-state index contributed by atoms with van der Waals surface area (Å²) in [4.78, 5) is 27.1. The van der Waals surface area contributed by atoms with Gasteiger partial charge in [-0.05, 0) is 47.2 Å². The highest BCUT2D eigenvalue weighted by molar-refractivity contribution is 7.10. The van der Waals surface area contributed by atoms with Crippen LogP contribution in [0, 0.1) is 0 Å². The van der Waals surface area contributed by atoms with Gasteiger partial charge in [0.15, 0.2) is 0 Å². The standard InChI is InChI=1S/C25H26N2O4S/c1-30-25(29)26-14-12-22(23-7-4-16-32-23)31-20-10-8-18(9-11-20)17-27-15-13-19-5-2-3-6-21(19)24(27)28/h2-11,16,22H,12-15,17H2,1H3,(H,26,29). The SMILES string of the molecule is COC(=O)NCCC(Oc1ccc(CN2CCc3ccccc3C2=O)cc1)c1cccs1. The third kappa shape index (κ3) is 5.29. The van der Waals surface area contributed by atoms with Crippen molar-refractivity contribution in [2.45, 2.75) is 25.5 Å². The van der Waals surface area contributed by atoms with Gasteiger partial charge in [0.1, 0.15) is 11.9 Å². The summed E-state index contributed by atoms with van der Waals surface area (Å²) in [6.45, 7) is 1.75. The summed E-state index contributed by atoms with van der Waals surface area (Å²) >= 11 is 1.62. The lowest BCUT2D eigenvalue weighted by molar-refractivity contribution is 0.0727. The molecule has 1 atom stereocenters. The number of thiophene rings is 1. The molecule has 0 spiro atoms. The van der Waals surface area contributed by atoms with Crippen molar-refractivity contribution in [3.05, 3.63) is 87.6 Å². The van der Waals surface area contributed by atoms with Gasteiger partial charge in [0, 0.05) is 36.5 Å². The molecule has 1 aromatic heterocycles. The zero-order chi connectivity index (χ0) is 22.3. The van der Waals surface area contributed by atoms with Crippen LogP contribution in [-0.2, 0) is 17.7 Å². The largest absolute Gasteiger partial charge is 0.485 e. The second kappa shape index (κ2) is 10.3. The van der Waals surface area contributed by atoms with E-state index in [1.165, 1.54) is 7.11 Å². The Kier molecular flexibility index (Phi) is 7.07. The van der Waals surface area contributed by atoms with Gasteiger partial charge in [-0.1, -0.05) is 36.4 Å². The van der Waals surface area contributed by atoms with Crippen LogP contribution in [0.3, 0.4) is 0 Å². The molecule has 0 saturated carbocycles. The quantitative estimate of drug-likeness (QED) is 0.535. The molecule has 1 N–H and O–H groups in total. The molecule has 6 nitrogen and oxygen atoms in total. The lowest BCUT2D eigenvalue weighted by Gasteiger charge is -2.28. The minimum Gasteiger partial charge on any atom is -0.485 e. The third-order valence-electron chi connectivity index (χ3n) is 5.48. The van der Waals surface area contributed by atoms with Gasteiger partial charge in [0.2, 0.25) is 0 Å². The van der Waals surface area contributed by atoms with Gasteiger partial charge < -0.3 is 19.7 Å². The van der Waals surface area contributed by atoms with E-state index >= 15 is 0 Å². The number of ether oxygens (including phenoxy) is 2. The Bertz CT molecular complexity index is 1050. The molecule has 1 unspecified atom stereocenters. The molecule has 3 aromatic rings. The number of carbonyl (C=O) groups excluding carboxylic acids is 2. The lowest BCUT2D eigenvalue weighted by Crippen LogP contribution is -2.36. The molecule has 2 amide bonds. The minimum atomic E-state index is -0.450. The molecular formula is C25H26N2O4S. The number of amides is 2. The van der Waals surface area contributed by atoms with Gasteiger partial charge in [-0.3, -0.25) is 4.79 Å². The molecule has 1 aliphatic heterocycles. The molecule has 0 aliphatic carbocycles. The van der Waals surface area contributed by atoms with Crippen LogP contribution in [0.1, 0.15) is 38.9 Å². The van der Waals surface area contributed by atoms with Crippen molar-refractivity contribution < 1.29 is 19.1 Å². The molecule has 32 heavy (non-hydrogen) atoms. The van der Waals surface area contributed by atoms with Crippen LogP contribution in [0.5, 0.6) is 5.75 Å². The van der Waals surface area contributed by atoms with Crippen molar-refractivity contribution >= 4 is 23.3 Å². The lowest BCUT2D eigenvalue weighted by atomic mass is 9.99. The van der Waals surface area contributed by atoms with E-state index in [4.69, 9.17) is 4.74 Å². The van der Waals surface area contributed by atoms with Gasteiger partial charge in [-0.2, -0.15) is 0 Å². The van der Waals surface area contributed by atoms with Crippen LogP contribution in [0.4, 0.5) is 4.79 Å². The first-order valence-corrected chi connectivity index (χ1v) is 11.5. The maximum absolute atomic E-state index is 12.8. The van der Waals surface area contributed by atoms with E-state index in [9.17, 15) is 9.59 Å². The minimum absolute atomic E-state index is 0.0861. The van der Waals surface area contributed by atoms with E-state index in [2.05, 4.69) is 10.1 Å². The summed E-state index contributed by atoms with van der Waals surface area (Å²) in [6.07, 6.45) is 0.886. The number of hydrogen-bond acceptors (Lipinski definition) is 5. The first kappa shape index (κ1) is 21.9. The van der Waals surface area contributed by atoms with Crippen molar-refractivity contribution in [3.63, 3.8) is 0 Å². The highest BCUT2D eigenvalue weighted by atomic mass is 32.1. The Morgan fingerprint density at radius 3 is 2.69 bits per heavy atom. The molecule has 2 aromatic carbocycles. The molecule has 0 saturated heterocycles. The maximum atomic E-state index is 12.8. The zero-order valence-electron chi connectivity index (χ0n) is 18.0. The predicted octanol–water partition coefficient (Wildman–Crippen LogP) is 4.81. The van der Waals surface area contributed by atoms with Crippen molar-refractivity contribution in [1.82, 2.24) is 10.2 Å². The molecule has 2 heterocycles. The number of benzene rings is 2. The second-order valence-electron chi connectivity index (χ2n) is 7.61. The molecule has 1 aliphatic rings. The molecule has 166 valence electrons. The number of methoxy groups -OCH3 is 1. The first-order chi connectivity index (χ1) is 15.6. The fourth-order valence-electron chi connectivity index (χ4n) is 3.79. The molecule has 4 rings (SSSR count). The van der Waals surface area contributed by atoms with Crippen LogP contribution in [0.15, 0.2) is 66.0 Å². The van der Waals surface area contributed by atoms with Crippen molar-refractivity contribution in [2.24, 2.45) is 0 Å². The van der Waals surface area contributed by atoms with Gasteiger partial charge in [-0.25, -0.2) is 4.79 Å². The fraction of sp³-hybridized carbons (Fsp3) is 0.280. The molecule has 0 radical (unpaired) electrons. The van der Waals surface area contributed by atoms with Crippen LogP contribution in [0.25, 0.3) is 0 Å². The van der Waals surface area contributed by atoms with E-state index in [0.29, 0.717) is 19.5 Å². The van der Waals surface area contributed by atoms with Crippen LogP contribution >= 0.6 is 11.3 Å². The van der Waals surface area contributed by atoms with Crippen LogP contribution in [-0.4, -0.2) is 37.1 Å². The van der Waals surface area contributed by atoms with Crippen molar-refractivity contribution in [2.75, 3.05) is 20.2 Å². The number of hydrogen-bond donors (Lipinski definition) is 1.